The monoisotopic (exact) mass is 271 g/mol. The summed E-state index contributed by atoms with van der Waals surface area (Å²) in [4.78, 5) is 16.7. The van der Waals surface area contributed by atoms with Crippen LogP contribution in [-0.2, 0) is 0 Å². The lowest BCUT2D eigenvalue weighted by molar-refractivity contribution is 0.0954. The number of para-hydroxylation sites is 1. The molecular formula is C16H21N3O. The predicted octanol–water partition coefficient (Wildman–Crippen LogP) is 2.40. The van der Waals surface area contributed by atoms with Crippen molar-refractivity contribution in [2.24, 2.45) is 5.73 Å². The minimum atomic E-state index is -0.0450. The van der Waals surface area contributed by atoms with E-state index in [2.05, 4.69) is 10.3 Å². The molecule has 20 heavy (non-hydrogen) atoms. The summed E-state index contributed by atoms with van der Waals surface area (Å²) in [5.41, 5.74) is 8.09. The third-order valence-electron chi connectivity index (χ3n) is 3.21. The van der Waals surface area contributed by atoms with Gasteiger partial charge in [-0.25, -0.2) is 0 Å². The van der Waals surface area contributed by atoms with Gasteiger partial charge in [0.05, 0.1) is 11.1 Å². The van der Waals surface area contributed by atoms with Gasteiger partial charge in [0.15, 0.2) is 0 Å². The highest BCUT2D eigenvalue weighted by Gasteiger charge is 2.11. The second kappa shape index (κ2) is 6.48. The van der Waals surface area contributed by atoms with Crippen LogP contribution in [0.4, 0.5) is 0 Å². The van der Waals surface area contributed by atoms with Crippen LogP contribution < -0.4 is 11.1 Å². The van der Waals surface area contributed by atoms with Gasteiger partial charge >= 0.3 is 0 Å². The van der Waals surface area contributed by atoms with Crippen LogP contribution in [0, 0.1) is 6.92 Å². The Balaban J connectivity index is 2.13. The first-order valence-electron chi connectivity index (χ1n) is 6.98. The van der Waals surface area contributed by atoms with E-state index in [4.69, 9.17) is 5.73 Å². The van der Waals surface area contributed by atoms with Gasteiger partial charge in [0, 0.05) is 23.7 Å². The summed E-state index contributed by atoms with van der Waals surface area (Å²) in [5.74, 6) is -0.0450. The molecule has 3 N–H and O–H groups in total. The first kappa shape index (κ1) is 14.5. The Kier molecular flexibility index (Phi) is 4.69. The highest BCUT2D eigenvalue weighted by molar-refractivity contribution is 6.06. The number of nitrogens with two attached hydrogens (primary N) is 1. The fourth-order valence-corrected chi connectivity index (χ4v) is 2.22. The molecule has 1 aromatic heterocycles. The van der Waals surface area contributed by atoms with E-state index in [1.165, 1.54) is 0 Å². The van der Waals surface area contributed by atoms with Crippen LogP contribution in [0.1, 0.15) is 35.8 Å². The van der Waals surface area contributed by atoms with Gasteiger partial charge in [-0.1, -0.05) is 18.2 Å². The van der Waals surface area contributed by atoms with Crippen LogP contribution in [0.3, 0.4) is 0 Å². The van der Waals surface area contributed by atoms with E-state index in [1.807, 2.05) is 44.2 Å². The maximum atomic E-state index is 12.3. The minimum Gasteiger partial charge on any atom is -0.352 e. The molecule has 4 nitrogen and oxygen atoms in total. The molecule has 1 heterocycles. The smallest absolute Gasteiger partial charge is 0.252 e. The van der Waals surface area contributed by atoms with E-state index in [9.17, 15) is 4.79 Å². The van der Waals surface area contributed by atoms with E-state index in [0.29, 0.717) is 12.1 Å². The molecule has 2 aromatic rings. The molecule has 0 aliphatic heterocycles. The Bertz CT molecular complexity index is 608. The molecule has 1 aromatic carbocycles. The number of amides is 1. The van der Waals surface area contributed by atoms with E-state index >= 15 is 0 Å². The molecule has 0 spiro atoms. The Morgan fingerprint density at radius 1 is 1.40 bits per heavy atom. The van der Waals surface area contributed by atoms with Gasteiger partial charge in [-0.05, 0) is 38.8 Å². The largest absolute Gasteiger partial charge is 0.352 e. The standard InChI is InChI=1S/C16H21N3O/c1-11(17)6-5-9-18-16(20)14-10-12(2)19-15-8-4-3-7-13(14)15/h3-4,7-8,10-11H,5-6,9,17H2,1-2H3,(H,18,20). The van der Waals surface area contributed by atoms with Gasteiger partial charge in [-0.2, -0.15) is 0 Å². The Hall–Kier alpha value is -1.94. The molecule has 0 aliphatic carbocycles. The number of hydrogen-bond acceptors (Lipinski definition) is 3. The summed E-state index contributed by atoms with van der Waals surface area (Å²) in [7, 11) is 0. The van der Waals surface area contributed by atoms with Crippen molar-refractivity contribution < 1.29 is 4.79 Å². The maximum absolute atomic E-state index is 12.3. The summed E-state index contributed by atoms with van der Waals surface area (Å²) in [6, 6.07) is 9.72. The molecule has 0 saturated carbocycles. The number of pyridine rings is 1. The normalized spacial score (nSPS) is 12.3. The first-order valence-corrected chi connectivity index (χ1v) is 6.98. The summed E-state index contributed by atoms with van der Waals surface area (Å²) in [6.45, 7) is 4.52. The van der Waals surface area contributed by atoms with Crippen molar-refractivity contribution in [2.75, 3.05) is 6.54 Å². The molecule has 1 unspecified atom stereocenters. The van der Waals surface area contributed by atoms with Crippen LogP contribution in [0.5, 0.6) is 0 Å². The van der Waals surface area contributed by atoms with Crippen LogP contribution in [0.2, 0.25) is 0 Å². The summed E-state index contributed by atoms with van der Waals surface area (Å²) >= 11 is 0. The van der Waals surface area contributed by atoms with Crippen molar-refractivity contribution in [3.8, 4) is 0 Å². The molecule has 0 fully saturated rings. The molecule has 0 saturated heterocycles. The quantitative estimate of drug-likeness (QED) is 0.820. The molecule has 0 aliphatic rings. The van der Waals surface area contributed by atoms with Crippen LogP contribution in [-0.4, -0.2) is 23.5 Å². The van der Waals surface area contributed by atoms with Gasteiger partial charge in [0.2, 0.25) is 0 Å². The number of nitrogens with one attached hydrogen (secondary N) is 1. The number of nitrogens with zero attached hydrogens (tertiary/aromatic N) is 1. The van der Waals surface area contributed by atoms with Crippen LogP contribution in [0.15, 0.2) is 30.3 Å². The lowest BCUT2D eigenvalue weighted by atomic mass is 10.1. The predicted molar refractivity (Wildman–Crippen MR) is 81.7 cm³/mol. The number of fused-ring (bicyclic) bond motifs is 1. The highest BCUT2D eigenvalue weighted by atomic mass is 16.1. The van der Waals surface area contributed by atoms with Gasteiger partial charge < -0.3 is 11.1 Å². The maximum Gasteiger partial charge on any atom is 0.252 e. The molecule has 1 atom stereocenters. The van der Waals surface area contributed by atoms with Crippen molar-refractivity contribution in [3.05, 3.63) is 41.6 Å². The fraction of sp³-hybridized carbons (Fsp3) is 0.375. The number of hydrogen-bond donors (Lipinski definition) is 2. The summed E-state index contributed by atoms with van der Waals surface area (Å²) < 4.78 is 0. The second-order valence-electron chi connectivity index (χ2n) is 5.20. The van der Waals surface area contributed by atoms with Crippen molar-refractivity contribution >= 4 is 16.8 Å². The van der Waals surface area contributed by atoms with Crippen molar-refractivity contribution in [3.63, 3.8) is 0 Å². The van der Waals surface area contributed by atoms with Gasteiger partial charge in [0.25, 0.3) is 5.91 Å². The van der Waals surface area contributed by atoms with E-state index in [1.54, 1.807) is 0 Å². The van der Waals surface area contributed by atoms with Gasteiger partial charge in [-0.3, -0.25) is 9.78 Å². The van der Waals surface area contributed by atoms with Crippen LogP contribution in [0.25, 0.3) is 10.9 Å². The van der Waals surface area contributed by atoms with Crippen molar-refractivity contribution in [1.82, 2.24) is 10.3 Å². The first-order chi connectivity index (χ1) is 9.58. The zero-order valence-electron chi connectivity index (χ0n) is 12.0. The summed E-state index contributed by atoms with van der Waals surface area (Å²) in [5, 5.41) is 3.84. The van der Waals surface area contributed by atoms with Crippen LogP contribution >= 0.6 is 0 Å². The third-order valence-corrected chi connectivity index (χ3v) is 3.21. The lowest BCUT2D eigenvalue weighted by Gasteiger charge is -2.09. The number of carbonyl (C=O) groups excluding carboxylic acids is 1. The molecule has 0 radical (unpaired) electrons. The number of aryl methyl sites for hydroxylation is 1. The average molecular weight is 271 g/mol. The fourth-order valence-electron chi connectivity index (χ4n) is 2.22. The lowest BCUT2D eigenvalue weighted by Crippen LogP contribution is -2.26. The third kappa shape index (κ3) is 3.54. The Morgan fingerprint density at radius 3 is 2.90 bits per heavy atom. The number of rotatable bonds is 5. The van der Waals surface area contributed by atoms with Gasteiger partial charge in [0.1, 0.15) is 0 Å². The Labute approximate surface area is 119 Å². The summed E-state index contributed by atoms with van der Waals surface area (Å²) in [6.07, 6.45) is 1.81. The molecule has 106 valence electrons. The molecule has 0 bridgehead atoms. The van der Waals surface area contributed by atoms with E-state index < -0.39 is 0 Å². The zero-order valence-corrected chi connectivity index (χ0v) is 12.0. The van der Waals surface area contributed by atoms with Crippen molar-refractivity contribution in [2.45, 2.75) is 32.7 Å². The molecule has 4 heteroatoms. The van der Waals surface area contributed by atoms with E-state index in [0.717, 1.165) is 29.4 Å². The average Bonchev–Trinajstić information content (AvgIpc) is 2.42. The SMILES string of the molecule is Cc1cc(C(=O)NCCCC(C)N)c2ccccc2n1. The number of benzene rings is 1. The number of carbonyl (C=O) groups is 1. The minimum absolute atomic E-state index is 0.0450. The highest BCUT2D eigenvalue weighted by Crippen LogP contribution is 2.18. The zero-order chi connectivity index (χ0) is 14.5. The topological polar surface area (TPSA) is 68.0 Å². The molecule has 2 rings (SSSR count). The van der Waals surface area contributed by atoms with Gasteiger partial charge in [-0.15, -0.1) is 0 Å². The second-order valence-corrected chi connectivity index (χ2v) is 5.20. The Morgan fingerprint density at radius 2 is 2.15 bits per heavy atom. The van der Waals surface area contributed by atoms with E-state index in [-0.39, 0.29) is 11.9 Å². The molecular weight excluding hydrogens is 250 g/mol. The number of aromatic nitrogens is 1. The molecule has 1 amide bonds. The van der Waals surface area contributed by atoms with Crippen molar-refractivity contribution in [1.29, 1.82) is 0 Å².